The zero-order chi connectivity index (χ0) is 27.5. The summed E-state index contributed by atoms with van der Waals surface area (Å²) >= 11 is 0. The number of aromatic nitrogens is 1. The third kappa shape index (κ3) is 6.96. The van der Waals surface area contributed by atoms with E-state index in [4.69, 9.17) is 0 Å². The number of carbonyl (C=O) groups excluding carboxylic acids is 1. The summed E-state index contributed by atoms with van der Waals surface area (Å²) in [6.45, 7) is 11.7. The van der Waals surface area contributed by atoms with Crippen LogP contribution in [0.25, 0.3) is 0 Å². The fraction of sp³-hybridized carbons (Fsp3) is 0.387. The van der Waals surface area contributed by atoms with Crippen LogP contribution < -0.4 is 4.90 Å². The normalized spacial score (nSPS) is 13.7. The van der Waals surface area contributed by atoms with Gasteiger partial charge in [0.05, 0.1) is 23.0 Å². The van der Waals surface area contributed by atoms with Crippen molar-refractivity contribution in [3.8, 4) is 6.07 Å². The molecule has 0 saturated carbocycles. The van der Waals surface area contributed by atoms with Gasteiger partial charge in [-0.2, -0.15) is 5.26 Å². The molecule has 1 aliphatic heterocycles. The third-order valence-corrected chi connectivity index (χ3v) is 6.81. The Hall–Kier alpha value is -3.76. The Morgan fingerprint density at radius 3 is 2.32 bits per heavy atom. The Balaban J connectivity index is 0.00000195. The van der Waals surface area contributed by atoms with Gasteiger partial charge in [0, 0.05) is 56.2 Å². The third-order valence-electron chi connectivity index (χ3n) is 6.81. The molecule has 3 aromatic rings. The van der Waals surface area contributed by atoms with E-state index in [0.717, 1.165) is 43.9 Å². The number of amides is 1. The molecule has 0 spiro atoms. The maximum Gasteiger partial charge on any atom is 0.253 e. The van der Waals surface area contributed by atoms with Crippen molar-refractivity contribution >= 4 is 17.3 Å². The van der Waals surface area contributed by atoms with E-state index in [2.05, 4.69) is 16.0 Å². The lowest BCUT2D eigenvalue weighted by atomic mass is 10.00. The van der Waals surface area contributed by atoms with Crippen LogP contribution in [0.3, 0.4) is 0 Å². The van der Waals surface area contributed by atoms with Gasteiger partial charge in [-0.3, -0.25) is 14.7 Å². The van der Waals surface area contributed by atoms with Gasteiger partial charge < -0.3 is 9.80 Å². The van der Waals surface area contributed by atoms with E-state index in [0.29, 0.717) is 29.9 Å². The van der Waals surface area contributed by atoms with Crippen LogP contribution in [0.1, 0.15) is 62.2 Å². The van der Waals surface area contributed by atoms with Crippen molar-refractivity contribution < 1.29 is 9.18 Å². The van der Waals surface area contributed by atoms with Crippen LogP contribution in [0.4, 0.5) is 15.8 Å². The van der Waals surface area contributed by atoms with E-state index in [1.807, 2.05) is 81.3 Å². The molecule has 1 fully saturated rings. The number of halogens is 1. The molecule has 4 rings (SSSR count). The molecule has 1 amide bonds. The quantitative estimate of drug-likeness (QED) is 0.347. The molecule has 1 saturated heterocycles. The molecule has 0 unspecified atom stereocenters. The molecule has 6 nitrogen and oxygen atoms in total. The number of carbonyl (C=O) groups is 1. The maximum absolute atomic E-state index is 15.1. The lowest BCUT2D eigenvalue weighted by Crippen LogP contribution is -2.43. The van der Waals surface area contributed by atoms with Gasteiger partial charge in [-0.25, -0.2) is 4.39 Å². The number of nitrogens with zero attached hydrogens (tertiary/aromatic N) is 5. The monoisotopic (exact) mass is 515 g/mol. The first kappa shape index (κ1) is 28.8. The van der Waals surface area contributed by atoms with Crippen molar-refractivity contribution in [1.29, 1.82) is 5.26 Å². The maximum atomic E-state index is 15.1. The number of rotatable bonds is 8. The average molecular weight is 516 g/mol. The van der Waals surface area contributed by atoms with E-state index >= 15 is 4.39 Å². The number of hydrogen-bond acceptors (Lipinski definition) is 5. The van der Waals surface area contributed by atoms with Crippen molar-refractivity contribution in [2.45, 2.75) is 53.1 Å². The first-order chi connectivity index (χ1) is 18.5. The first-order valence-electron chi connectivity index (χ1n) is 13.5. The number of likely N-dealkylation sites (tertiary alicyclic amines) is 1. The van der Waals surface area contributed by atoms with Gasteiger partial charge in [0.2, 0.25) is 0 Å². The zero-order valence-corrected chi connectivity index (χ0v) is 22.9. The highest BCUT2D eigenvalue weighted by Gasteiger charge is 2.28. The SMILES string of the molecule is CC.CCN(CC)C(=O)c1ccc(N(c2cc(C#N)ccc2F)C2CCN(Cc3ccccn3)CC2)cc1. The van der Waals surface area contributed by atoms with Gasteiger partial charge >= 0.3 is 0 Å². The fourth-order valence-corrected chi connectivity index (χ4v) is 4.83. The van der Waals surface area contributed by atoms with Crippen LogP contribution in [0.2, 0.25) is 0 Å². The summed E-state index contributed by atoms with van der Waals surface area (Å²) in [5, 5.41) is 9.44. The molecule has 1 aromatic heterocycles. The van der Waals surface area contributed by atoms with E-state index in [-0.39, 0.29) is 17.8 Å². The van der Waals surface area contributed by atoms with Crippen LogP contribution in [0.15, 0.2) is 66.9 Å². The van der Waals surface area contributed by atoms with Gasteiger partial charge in [0.1, 0.15) is 5.82 Å². The molecule has 38 heavy (non-hydrogen) atoms. The highest BCUT2D eigenvalue weighted by molar-refractivity contribution is 5.94. The predicted octanol–water partition coefficient (Wildman–Crippen LogP) is 6.40. The summed E-state index contributed by atoms with van der Waals surface area (Å²) in [7, 11) is 0. The van der Waals surface area contributed by atoms with Crippen LogP contribution in [-0.4, -0.2) is 52.9 Å². The Morgan fingerprint density at radius 1 is 1.05 bits per heavy atom. The molecule has 0 atom stereocenters. The van der Waals surface area contributed by atoms with E-state index in [9.17, 15) is 10.1 Å². The average Bonchev–Trinajstić information content (AvgIpc) is 2.97. The Labute approximate surface area is 226 Å². The molecule has 1 aliphatic rings. The molecule has 0 bridgehead atoms. The van der Waals surface area contributed by atoms with Crippen molar-refractivity contribution in [1.82, 2.24) is 14.8 Å². The van der Waals surface area contributed by atoms with Gasteiger partial charge in [-0.1, -0.05) is 19.9 Å². The zero-order valence-electron chi connectivity index (χ0n) is 22.9. The van der Waals surface area contributed by atoms with Gasteiger partial charge in [0.15, 0.2) is 0 Å². The number of piperidine rings is 1. The van der Waals surface area contributed by atoms with E-state index in [1.54, 1.807) is 11.0 Å². The molecule has 7 heteroatoms. The Morgan fingerprint density at radius 2 is 1.74 bits per heavy atom. The summed E-state index contributed by atoms with van der Waals surface area (Å²) in [6.07, 6.45) is 3.48. The Bertz CT molecular complexity index is 1200. The number of anilines is 2. The van der Waals surface area contributed by atoms with Gasteiger partial charge in [0.25, 0.3) is 5.91 Å². The smallest absolute Gasteiger partial charge is 0.253 e. The summed E-state index contributed by atoms with van der Waals surface area (Å²) < 4.78 is 15.1. The van der Waals surface area contributed by atoms with Crippen molar-refractivity contribution in [3.05, 3.63) is 89.5 Å². The second-order valence-corrected chi connectivity index (χ2v) is 9.00. The summed E-state index contributed by atoms with van der Waals surface area (Å²) in [6, 6.07) is 20.0. The van der Waals surface area contributed by atoms with Crippen LogP contribution in [0, 0.1) is 17.1 Å². The Kier molecular flexibility index (Phi) is 10.8. The molecule has 2 heterocycles. The largest absolute Gasteiger partial charge is 0.339 e. The molecule has 2 aromatic carbocycles. The van der Waals surface area contributed by atoms with Crippen LogP contribution in [0.5, 0.6) is 0 Å². The minimum Gasteiger partial charge on any atom is -0.339 e. The van der Waals surface area contributed by atoms with Gasteiger partial charge in [-0.15, -0.1) is 0 Å². The summed E-state index contributed by atoms with van der Waals surface area (Å²) in [5.74, 6) is -0.383. The van der Waals surface area contributed by atoms with Crippen LogP contribution in [-0.2, 0) is 6.54 Å². The second kappa shape index (κ2) is 14.3. The molecule has 200 valence electrons. The van der Waals surface area contributed by atoms with E-state index in [1.165, 1.54) is 12.1 Å². The number of hydrogen-bond donors (Lipinski definition) is 0. The molecular formula is C31H38FN5O. The molecule has 0 N–H and O–H groups in total. The van der Waals surface area contributed by atoms with Gasteiger partial charge in [-0.05, 0) is 81.3 Å². The lowest BCUT2D eigenvalue weighted by Gasteiger charge is -2.40. The second-order valence-electron chi connectivity index (χ2n) is 9.00. The van der Waals surface area contributed by atoms with Crippen molar-refractivity contribution in [2.24, 2.45) is 0 Å². The number of benzene rings is 2. The summed E-state index contributed by atoms with van der Waals surface area (Å²) in [5.41, 5.74) is 3.26. The highest BCUT2D eigenvalue weighted by atomic mass is 19.1. The van der Waals surface area contributed by atoms with Crippen LogP contribution >= 0.6 is 0 Å². The molecule has 0 radical (unpaired) electrons. The van der Waals surface area contributed by atoms with Crippen molar-refractivity contribution in [2.75, 3.05) is 31.1 Å². The predicted molar refractivity (Wildman–Crippen MR) is 151 cm³/mol. The topological polar surface area (TPSA) is 63.5 Å². The lowest BCUT2D eigenvalue weighted by molar-refractivity contribution is 0.0773. The minimum absolute atomic E-state index is 0.0152. The molecular weight excluding hydrogens is 477 g/mol. The molecule has 0 aliphatic carbocycles. The highest BCUT2D eigenvalue weighted by Crippen LogP contribution is 2.35. The summed E-state index contributed by atoms with van der Waals surface area (Å²) in [4.78, 5) is 23.4. The van der Waals surface area contributed by atoms with E-state index < -0.39 is 0 Å². The number of pyridine rings is 1. The minimum atomic E-state index is -0.367. The number of nitriles is 1. The fourth-order valence-electron chi connectivity index (χ4n) is 4.83. The van der Waals surface area contributed by atoms with Crippen molar-refractivity contribution in [3.63, 3.8) is 0 Å². The standard InChI is InChI=1S/C29H32FN5O.C2H6/c1-3-34(4-2)29(36)23-9-11-25(12-10-23)35(28-19-22(20-31)8-13-27(28)30)26-14-17-33(18-15-26)21-24-7-5-6-16-32-24;1-2/h5-13,16,19,26H,3-4,14-15,17-18,21H2,1-2H3;1-2H3. The first-order valence-corrected chi connectivity index (χ1v) is 13.5.